The Kier molecular flexibility index (Phi) is 3.51. The summed E-state index contributed by atoms with van der Waals surface area (Å²) in [6.07, 6.45) is -1.90. The fraction of sp³-hybridized carbons (Fsp3) is 0.538. The van der Waals surface area contributed by atoms with E-state index < -0.39 is 23.7 Å². The number of amides is 1. The molecule has 2 heterocycles. The normalized spacial score (nSPS) is 24.5. The van der Waals surface area contributed by atoms with Crippen molar-refractivity contribution in [3.05, 3.63) is 23.8 Å². The van der Waals surface area contributed by atoms with Crippen LogP contribution < -0.4 is 5.32 Å². The average molecular weight is 329 g/mol. The molecule has 23 heavy (non-hydrogen) atoms. The molecule has 1 saturated carbocycles. The lowest BCUT2D eigenvalue weighted by atomic mass is 9.74. The first kappa shape index (κ1) is 15.7. The molecule has 0 saturated heterocycles. The van der Waals surface area contributed by atoms with Crippen molar-refractivity contribution in [2.24, 2.45) is 0 Å². The maximum absolute atomic E-state index is 12.9. The molecule has 3 rings (SSSR count). The first-order chi connectivity index (χ1) is 10.7. The van der Waals surface area contributed by atoms with Crippen LogP contribution in [-0.4, -0.2) is 50.4 Å². The fourth-order valence-corrected chi connectivity index (χ4v) is 2.57. The standard InChI is InChI=1S/C13H14F3N5O2/c1-7-5-17-11-19-9(20-21(11)6-7)10(22)18-8-3-12(4-8,23-2)13(14,15)16/h5-6,8H,3-4H2,1-2H3,(H,18,22). The SMILES string of the molecule is COC1(C(F)(F)F)CC(NC(=O)c2nc3ncc(C)cn3n2)C1. The minimum atomic E-state index is -4.47. The lowest BCUT2D eigenvalue weighted by Gasteiger charge is -2.47. The van der Waals surface area contributed by atoms with Gasteiger partial charge in [-0.1, -0.05) is 0 Å². The summed E-state index contributed by atoms with van der Waals surface area (Å²) in [6.45, 7) is 1.81. The summed E-state index contributed by atoms with van der Waals surface area (Å²) in [6, 6.07) is -0.634. The first-order valence-corrected chi connectivity index (χ1v) is 6.86. The van der Waals surface area contributed by atoms with Gasteiger partial charge in [0.25, 0.3) is 11.7 Å². The van der Waals surface area contributed by atoms with Crippen molar-refractivity contribution in [1.82, 2.24) is 24.9 Å². The van der Waals surface area contributed by atoms with Crippen molar-refractivity contribution in [1.29, 1.82) is 0 Å². The molecule has 7 nitrogen and oxygen atoms in total. The van der Waals surface area contributed by atoms with Gasteiger partial charge in [0, 0.05) is 38.4 Å². The maximum Gasteiger partial charge on any atom is 0.417 e. The molecule has 0 aromatic carbocycles. The molecule has 10 heteroatoms. The van der Waals surface area contributed by atoms with E-state index in [2.05, 4.69) is 25.1 Å². The van der Waals surface area contributed by atoms with Crippen LogP contribution in [0.15, 0.2) is 12.4 Å². The van der Waals surface area contributed by atoms with E-state index in [1.807, 2.05) is 6.92 Å². The molecule has 0 radical (unpaired) electrons. The Hall–Kier alpha value is -2.23. The minimum absolute atomic E-state index is 0.134. The summed E-state index contributed by atoms with van der Waals surface area (Å²) in [5.74, 6) is -0.522. The van der Waals surface area contributed by atoms with Gasteiger partial charge in [-0.25, -0.2) is 9.50 Å². The number of nitrogens with zero attached hydrogens (tertiary/aromatic N) is 4. The predicted octanol–water partition coefficient (Wildman–Crippen LogP) is 1.27. The third-order valence-electron chi connectivity index (χ3n) is 3.92. The van der Waals surface area contributed by atoms with Crippen molar-refractivity contribution in [2.45, 2.75) is 37.6 Å². The fourth-order valence-electron chi connectivity index (χ4n) is 2.57. The highest BCUT2D eigenvalue weighted by atomic mass is 19.4. The van der Waals surface area contributed by atoms with Crippen molar-refractivity contribution in [3.8, 4) is 0 Å². The Morgan fingerprint density at radius 3 is 2.78 bits per heavy atom. The molecule has 0 atom stereocenters. The van der Waals surface area contributed by atoms with Crippen LogP contribution in [0, 0.1) is 6.92 Å². The summed E-state index contributed by atoms with van der Waals surface area (Å²) in [4.78, 5) is 20.0. The number of carbonyl (C=O) groups excluding carboxylic acids is 1. The summed E-state index contributed by atoms with van der Waals surface area (Å²) in [5, 5.41) is 6.45. The molecule has 1 fully saturated rings. The van der Waals surface area contributed by atoms with Gasteiger partial charge in [-0.15, -0.1) is 5.10 Å². The molecule has 0 unspecified atom stereocenters. The van der Waals surface area contributed by atoms with E-state index in [1.54, 1.807) is 12.4 Å². The number of hydrogen-bond donors (Lipinski definition) is 1. The summed E-state index contributed by atoms with van der Waals surface area (Å²) in [7, 11) is 1.02. The third-order valence-corrected chi connectivity index (χ3v) is 3.92. The van der Waals surface area contributed by atoms with Gasteiger partial charge in [0.15, 0.2) is 5.60 Å². The average Bonchev–Trinajstić information content (AvgIpc) is 2.83. The van der Waals surface area contributed by atoms with E-state index in [4.69, 9.17) is 0 Å². The van der Waals surface area contributed by atoms with Crippen molar-refractivity contribution in [2.75, 3.05) is 7.11 Å². The zero-order valence-electron chi connectivity index (χ0n) is 12.4. The minimum Gasteiger partial charge on any atom is -0.369 e. The number of fused-ring (bicyclic) bond motifs is 1. The highest BCUT2D eigenvalue weighted by molar-refractivity contribution is 5.91. The molecule has 124 valence electrons. The molecule has 1 aliphatic rings. The van der Waals surface area contributed by atoms with Crippen LogP contribution in [0.25, 0.3) is 5.78 Å². The molecule has 1 amide bonds. The van der Waals surface area contributed by atoms with Crippen molar-refractivity contribution in [3.63, 3.8) is 0 Å². The topological polar surface area (TPSA) is 81.4 Å². The van der Waals surface area contributed by atoms with E-state index in [1.165, 1.54) is 4.52 Å². The number of carbonyl (C=O) groups is 1. The number of ether oxygens (including phenoxy) is 1. The van der Waals surface area contributed by atoms with Gasteiger partial charge in [0.2, 0.25) is 5.82 Å². The molecule has 1 N–H and O–H groups in total. The van der Waals surface area contributed by atoms with Gasteiger partial charge in [0.1, 0.15) is 0 Å². The van der Waals surface area contributed by atoms with Crippen LogP contribution in [-0.2, 0) is 4.74 Å². The zero-order chi connectivity index (χ0) is 16.8. The predicted molar refractivity (Wildman–Crippen MR) is 71.8 cm³/mol. The summed E-state index contributed by atoms with van der Waals surface area (Å²) < 4.78 is 44.6. The van der Waals surface area contributed by atoms with E-state index in [0.29, 0.717) is 0 Å². The highest BCUT2D eigenvalue weighted by Crippen LogP contribution is 2.47. The third kappa shape index (κ3) is 2.62. The Balaban J connectivity index is 1.68. The van der Waals surface area contributed by atoms with Gasteiger partial charge in [-0.05, 0) is 12.5 Å². The molecule has 2 aromatic heterocycles. The highest BCUT2D eigenvalue weighted by Gasteiger charge is 2.63. The number of alkyl halides is 3. The lowest BCUT2D eigenvalue weighted by molar-refractivity contribution is -0.301. The molecule has 1 aliphatic carbocycles. The van der Waals surface area contributed by atoms with Crippen LogP contribution in [0.2, 0.25) is 0 Å². The van der Waals surface area contributed by atoms with E-state index in [0.717, 1.165) is 12.7 Å². The molecule has 0 bridgehead atoms. The maximum atomic E-state index is 12.9. The summed E-state index contributed by atoms with van der Waals surface area (Å²) in [5.41, 5.74) is -1.35. The largest absolute Gasteiger partial charge is 0.417 e. The summed E-state index contributed by atoms with van der Waals surface area (Å²) >= 11 is 0. The molecular weight excluding hydrogens is 315 g/mol. The number of aryl methyl sites for hydroxylation is 1. The number of methoxy groups -OCH3 is 1. The Morgan fingerprint density at radius 2 is 2.17 bits per heavy atom. The van der Waals surface area contributed by atoms with Crippen LogP contribution in [0.4, 0.5) is 13.2 Å². The van der Waals surface area contributed by atoms with Gasteiger partial charge in [-0.3, -0.25) is 4.79 Å². The smallest absolute Gasteiger partial charge is 0.369 e. The van der Waals surface area contributed by atoms with Crippen molar-refractivity contribution >= 4 is 11.7 Å². The van der Waals surface area contributed by atoms with Crippen LogP contribution in [0.1, 0.15) is 29.0 Å². The van der Waals surface area contributed by atoms with Gasteiger partial charge < -0.3 is 10.1 Å². The first-order valence-electron chi connectivity index (χ1n) is 6.86. The number of halogens is 3. The number of nitrogens with one attached hydrogen (secondary N) is 1. The Morgan fingerprint density at radius 1 is 1.48 bits per heavy atom. The van der Waals surface area contributed by atoms with Crippen LogP contribution in [0.3, 0.4) is 0 Å². The van der Waals surface area contributed by atoms with E-state index in [9.17, 15) is 18.0 Å². The Bertz CT molecular complexity index is 752. The van der Waals surface area contributed by atoms with E-state index in [-0.39, 0.29) is 24.4 Å². The second-order valence-corrected chi connectivity index (χ2v) is 5.59. The van der Waals surface area contributed by atoms with Gasteiger partial charge in [0.05, 0.1) is 0 Å². The molecule has 2 aromatic rings. The van der Waals surface area contributed by atoms with Gasteiger partial charge in [-0.2, -0.15) is 18.2 Å². The zero-order valence-corrected chi connectivity index (χ0v) is 12.4. The molecular formula is C13H14F3N5O2. The monoisotopic (exact) mass is 329 g/mol. The van der Waals surface area contributed by atoms with Crippen LogP contribution in [0.5, 0.6) is 0 Å². The van der Waals surface area contributed by atoms with Gasteiger partial charge >= 0.3 is 6.18 Å². The number of aromatic nitrogens is 4. The quantitative estimate of drug-likeness (QED) is 0.917. The van der Waals surface area contributed by atoms with Crippen LogP contribution >= 0.6 is 0 Å². The second kappa shape index (κ2) is 5.15. The number of rotatable bonds is 3. The molecule has 0 spiro atoms. The van der Waals surface area contributed by atoms with Crippen molar-refractivity contribution < 1.29 is 22.7 Å². The lowest BCUT2D eigenvalue weighted by Crippen LogP contribution is -2.63. The second-order valence-electron chi connectivity index (χ2n) is 5.59. The molecule has 0 aliphatic heterocycles. The Labute approximate surface area is 128 Å². The number of hydrogen-bond acceptors (Lipinski definition) is 5. The van der Waals surface area contributed by atoms with E-state index >= 15 is 0 Å².